The first-order valence-electron chi connectivity index (χ1n) is 8.32. The first-order chi connectivity index (χ1) is 13.4. The van der Waals surface area contributed by atoms with Gasteiger partial charge in [-0.3, -0.25) is 9.59 Å². The number of amides is 1. The van der Waals surface area contributed by atoms with Gasteiger partial charge in [-0.1, -0.05) is 30.3 Å². The van der Waals surface area contributed by atoms with Gasteiger partial charge in [0.25, 0.3) is 5.91 Å². The van der Waals surface area contributed by atoms with Gasteiger partial charge in [0.1, 0.15) is 12.4 Å². The third-order valence-corrected chi connectivity index (χ3v) is 3.72. The summed E-state index contributed by atoms with van der Waals surface area (Å²) in [7, 11) is 0. The lowest BCUT2D eigenvalue weighted by atomic mass is 10.2. The van der Waals surface area contributed by atoms with Gasteiger partial charge in [0.05, 0.1) is 5.69 Å². The average Bonchev–Trinajstić information content (AvgIpc) is 3.04. The Bertz CT molecular complexity index is 1040. The molecule has 0 saturated carbocycles. The van der Waals surface area contributed by atoms with Crippen LogP contribution in [0.3, 0.4) is 0 Å². The number of esters is 1. The Hall–Kier alpha value is -3.75. The summed E-state index contributed by atoms with van der Waals surface area (Å²) in [5, 5.41) is 6.26. The Balaban J connectivity index is 1.61. The molecule has 1 N–H and O–H groups in total. The van der Waals surface area contributed by atoms with Crippen molar-refractivity contribution in [2.75, 3.05) is 5.32 Å². The number of aromatic nitrogens is 2. The molecule has 1 aromatic heterocycles. The Morgan fingerprint density at radius 3 is 2.57 bits per heavy atom. The van der Waals surface area contributed by atoms with Gasteiger partial charge in [-0.15, -0.1) is 5.10 Å². The maximum absolute atomic E-state index is 13.6. The number of para-hydroxylation sites is 1. The molecule has 0 aliphatic heterocycles. The molecule has 9 heteroatoms. The molecule has 0 radical (unpaired) electrons. The zero-order valence-corrected chi connectivity index (χ0v) is 14.8. The van der Waals surface area contributed by atoms with Crippen LogP contribution < -0.4 is 11.1 Å². The molecule has 0 unspecified atom stereocenters. The predicted octanol–water partition coefficient (Wildman–Crippen LogP) is 2.21. The van der Waals surface area contributed by atoms with E-state index in [2.05, 4.69) is 10.4 Å². The van der Waals surface area contributed by atoms with E-state index in [0.717, 1.165) is 4.68 Å². The summed E-state index contributed by atoms with van der Waals surface area (Å²) >= 11 is 0. The van der Waals surface area contributed by atoms with Crippen LogP contribution in [0.2, 0.25) is 0 Å². The third kappa shape index (κ3) is 4.50. The second kappa shape index (κ2) is 8.30. The molecule has 0 aliphatic rings. The van der Waals surface area contributed by atoms with Crippen LogP contribution >= 0.6 is 0 Å². The van der Waals surface area contributed by atoms with Gasteiger partial charge in [0.2, 0.25) is 5.89 Å². The van der Waals surface area contributed by atoms with Gasteiger partial charge in [-0.2, -0.15) is 4.68 Å². The fraction of sp³-hybridized carbons (Fsp3) is 0.158. The Morgan fingerprint density at radius 1 is 1.18 bits per heavy atom. The first kappa shape index (κ1) is 19.0. The Morgan fingerprint density at radius 2 is 1.86 bits per heavy atom. The third-order valence-electron chi connectivity index (χ3n) is 3.72. The number of carbonyl (C=O) groups is 2. The lowest BCUT2D eigenvalue weighted by Gasteiger charge is -2.13. The van der Waals surface area contributed by atoms with Gasteiger partial charge in [0, 0.05) is 5.56 Å². The standard InChI is InChI=1S/C19H16FN3O5/c1-12(17(25)21-15-10-6-5-9-14(15)20)27-16(24)11-23-19(26)28-18(22-23)13-7-3-2-4-8-13/h2-10,12H,11H2,1H3,(H,21,25)/t12-/m1/s1. The molecule has 3 aromatic rings. The van der Waals surface area contributed by atoms with Crippen LogP contribution in [0.1, 0.15) is 6.92 Å². The average molecular weight is 385 g/mol. The number of benzene rings is 2. The zero-order valence-electron chi connectivity index (χ0n) is 14.8. The number of nitrogens with one attached hydrogen (secondary N) is 1. The van der Waals surface area contributed by atoms with Crippen molar-refractivity contribution in [1.82, 2.24) is 9.78 Å². The SMILES string of the molecule is C[C@@H](OC(=O)Cn1nc(-c2ccccc2)oc1=O)C(=O)Nc1ccccc1F. The lowest BCUT2D eigenvalue weighted by Crippen LogP contribution is -2.32. The maximum atomic E-state index is 13.6. The van der Waals surface area contributed by atoms with E-state index in [0.29, 0.717) is 5.56 Å². The van der Waals surface area contributed by atoms with Crippen LogP contribution in [0.25, 0.3) is 11.5 Å². The minimum Gasteiger partial charge on any atom is -0.451 e. The zero-order chi connectivity index (χ0) is 20.1. The molecule has 1 amide bonds. The molecule has 1 atom stereocenters. The van der Waals surface area contributed by atoms with Crippen LogP contribution in [0.5, 0.6) is 0 Å². The fourth-order valence-electron chi connectivity index (χ4n) is 2.31. The Labute approximate surface area is 158 Å². The van der Waals surface area contributed by atoms with Crippen molar-refractivity contribution in [3.63, 3.8) is 0 Å². The van der Waals surface area contributed by atoms with Gasteiger partial charge in [-0.25, -0.2) is 9.18 Å². The van der Waals surface area contributed by atoms with Crippen LogP contribution in [-0.2, 0) is 20.9 Å². The molecule has 2 aromatic carbocycles. The van der Waals surface area contributed by atoms with E-state index in [1.807, 2.05) is 0 Å². The van der Waals surface area contributed by atoms with Crippen molar-refractivity contribution < 1.29 is 23.1 Å². The van der Waals surface area contributed by atoms with Crippen molar-refractivity contribution in [3.05, 3.63) is 71.0 Å². The minimum absolute atomic E-state index is 0.0318. The summed E-state index contributed by atoms with van der Waals surface area (Å²) in [6.45, 7) is 0.793. The quantitative estimate of drug-likeness (QED) is 0.653. The van der Waals surface area contributed by atoms with Crippen LogP contribution in [0, 0.1) is 5.82 Å². The molecule has 144 valence electrons. The van der Waals surface area contributed by atoms with Crippen LogP contribution in [-0.4, -0.2) is 27.8 Å². The summed E-state index contributed by atoms with van der Waals surface area (Å²) in [4.78, 5) is 35.9. The topological polar surface area (TPSA) is 103 Å². The highest BCUT2D eigenvalue weighted by Crippen LogP contribution is 2.14. The van der Waals surface area contributed by atoms with Crippen molar-refractivity contribution >= 4 is 17.6 Å². The van der Waals surface area contributed by atoms with Gasteiger partial charge >= 0.3 is 11.7 Å². The van der Waals surface area contributed by atoms with Crippen LogP contribution in [0.15, 0.2) is 63.8 Å². The largest absolute Gasteiger partial charge is 0.451 e. The number of anilines is 1. The summed E-state index contributed by atoms with van der Waals surface area (Å²) in [6, 6.07) is 14.3. The van der Waals surface area contributed by atoms with E-state index >= 15 is 0 Å². The second-order valence-electron chi connectivity index (χ2n) is 5.80. The molecule has 0 fully saturated rings. The first-order valence-corrected chi connectivity index (χ1v) is 8.32. The Kier molecular flexibility index (Phi) is 5.64. The summed E-state index contributed by atoms with van der Waals surface area (Å²) in [5.41, 5.74) is 0.542. The fourth-order valence-corrected chi connectivity index (χ4v) is 2.31. The molecule has 1 heterocycles. The molecule has 0 saturated heterocycles. The van der Waals surface area contributed by atoms with Crippen LogP contribution in [0.4, 0.5) is 10.1 Å². The van der Waals surface area contributed by atoms with Crippen molar-refractivity contribution in [3.8, 4) is 11.5 Å². The van der Waals surface area contributed by atoms with Gasteiger partial charge < -0.3 is 14.5 Å². The normalized spacial score (nSPS) is 11.6. The summed E-state index contributed by atoms with van der Waals surface area (Å²) in [6.07, 6.45) is -1.21. The predicted molar refractivity (Wildman–Crippen MR) is 96.8 cm³/mol. The van der Waals surface area contributed by atoms with E-state index in [9.17, 15) is 18.8 Å². The van der Waals surface area contributed by atoms with E-state index in [1.165, 1.54) is 25.1 Å². The molecule has 0 bridgehead atoms. The highest BCUT2D eigenvalue weighted by atomic mass is 19.1. The molecule has 8 nitrogen and oxygen atoms in total. The van der Waals surface area contributed by atoms with E-state index in [1.54, 1.807) is 36.4 Å². The highest BCUT2D eigenvalue weighted by Gasteiger charge is 2.21. The molecule has 28 heavy (non-hydrogen) atoms. The molecule has 0 spiro atoms. The van der Waals surface area contributed by atoms with E-state index < -0.39 is 36.1 Å². The van der Waals surface area contributed by atoms with Gasteiger partial charge in [0.15, 0.2) is 6.10 Å². The second-order valence-corrected chi connectivity index (χ2v) is 5.80. The number of hydrogen-bond acceptors (Lipinski definition) is 6. The molecular formula is C19H16FN3O5. The molecule has 0 aliphatic carbocycles. The van der Waals surface area contributed by atoms with Crippen molar-refractivity contribution in [2.24, 2.45) is 0 Å². The number of rotatable bonds is 6. The number of nitrogens with zero attached hydrogens (tertiary/aromatic N) is 2. The van der Waals surface area contributed by atoms with Gasteiger partial charge in [-0.05, 0) is 31.2 Å². The summed E-state index contributed by atoms with van der Waals surface area (Å²) in [5.74, 6) is -2.97. The lowest BCUT2D eigenvalue weighted by molar-refractivity contribution is -0.154. The van der Waals surface area contributed by atoms with Crippen molar-refractivity contribution in [1.29, 1.82) is 0 Å². The number of halogens is 1. The van der Waals surface area contributed by atoms with E-state index in [4.69, 9.17) is 9.15 Å². The monoisotopic (exact) mass is 385 g/mol. The molecular weight excluding hydrogens is 369 g/mol. The smallest absolute Gasteiger partial charge is 0.437 e. The summed E-state index contributed by atoms with van der Waals surface area (Å²) < 4.78 is 24.4. The maximum Gasteiger partial charge on any atom is 0.437 e. The number of ether oxygens (including phenoxy) is 1. The minimum atomic E-state index is -1.21. The number of hydrogen-bond donors (Lipinski definition) is 1. The van der Waals surface area contributed by atoms with E-state index in [-0.39, 0.29) is 11.6 Å². The van der Waals surface area contributed by atoms with Crippen molar-refractivity contribution in [2.45, 2.75) is 19.6 Å². The number of carbonyl (C=O) groups excluding carboxylic acids is 2. The molecule has 3 rings (SSSR count). The highest BCUT2D eigenvalue weighted by molar-refractivity contribution is 5.95.